The lowest BCUT2D eigenvalue weighted by atomic mass is 10.0. The molecular weight excluding hydrogens is 454 g/mol. The Balaban J connectivity index is 5.62. The van der Waals surface area contributed by atoms with E-state index in [4.69, 9.17) is 27.4 Å². The number of carboxylic acids is 2. The number of nitrogens with two attached hydrogens (primary N) is 3. The van der Waals surface area contributed by atoms with Crippen LogP contribution in [0.25, 0.3) is 0 Å². The van der Waals surface area contributed by atoms with Gasteiger partial charge in [0.1, 0.15) is 24.2 Å². The molecule has 194 valence electrons. The average molecular weight is 490 g/mol. The molecule has 0 saturated heterocycles. The number of aliphatic imine (C=N–C) groups is 1. The standard InChI is InChI=1S/C19H35N7O8/c1-9(2)14(18(33)34)26-17(32)11(4-3-7-23-19(21)22)25-16(31)12(5-6-13(28)29)24-15(30)10(20)8-27/h9-12,14,27H,3-8,20H2,1-2H3,(H,24,30)(H,25,31)(H,26,32)(H,28,29)(H,33,34)(H4,21,22,23). The Morgan fingerprint density at radius 2 is 1.41 bits per heavy atom. The van der Waals surface area contributed by atoms with E-state index in [1.54, 1.807) is 13.8 Å². The van der Waals surface area contributed by atoms with Crippen LogP contribution in [0.5, 0.6) is 0 Å². The number of carbonyl (C=O) groups excluding carboxylic acids is 3. The molecule has 0 spiro atoms. The maximum Gasteiger partial charge on any atom is 0.326 e. The van der Waals surface area contributed by atoms with Crippen LogP contribution >= 0.6 is 0 Å². The SMILES string of the molecule is CC(C)C(NC(=O)C(CCCN=C(N)N)NC(=O)C(CCC(=O)O)NC(=O)C(N)CO)C(=O)O. The van der Waals surface area contributed by atoms with Crippen molar-refractivity contribution < 1.29 is 39.3 Å². The van der Waals surface area contributed by atoms with Crippen LogP contribution in [0, 0.1) is 5.92 Å². The molecule has 0 rings (SSSR count). The molecule has 0 heterocycles. The maximum atomic E-state index is 12.8. The predicted octanol–water partition coefficient (Wildman–Crippen LogP) is -3.58. The molecule has 0 saturated carbocycles. The van der Waals surface area contributed by atoms with Gasteiger partial charge in [0, 0.05) is 13.0 Å². The molecule has 4 atom stereocenters. The van der Waals surface area contributed by atoms with E-state index >= 15 is 0 Å². The van der Waals surface area contributed by atoms with E-state index in [0.717, 1.165) is 0 Å². The Kier molecular flexibility index (Phi) is 13.8. The summed E-state index contributed by atoms with van der Waals surface area (Å²) in [5.41, 5.74) is 15.9. The Morgan fingerprint density at radius 1 is 0.882 bits per heavy atom. The van der Waals surface area contributed by atoms with Crippen LogP contribution in [-0.4, -0.2) is 88.3 Å². The Bertz CT molecular complexity index is 755. The lowest BCUT2D eigenvalue weighted by Gasteiger charge is -2.25. The van der Waals surface area contributed by atoms with Crippen LogP contribution in [0.1, 0.15) is 39.5 Å². The fraction of sp³-hybridized carbons (Fsp3) is 0.684. The van der Waals surface area contributed by atoms with Crippen LogP contribution in [0.2, 0.25) is 0 Å². The summed E-state index contributed by atoms with van der Waals surface area (Å²) in [6, 6.07) is -5.19. The van der Waals surface area contributed by atoms with Crippen molar-refractivity contribution in [3.8, 4) is 0 Å². The van der Waals surface area contributed by atoms with Gasteiger partial charge in [0.2, 0.25) is 17.7 Å². The van der Waals surface area contributed by atoms with Crippen LogP contribution in [0.4, 0.5) is 0 Å². The van der Waals surface area contributed by atoms with Crippen molar-refractivity contribution in [3.63, 3.8) is 0 Å². The zero-order valence-corrected chi connectivity index (χ0v) is 19.2. The zero-order chi connectivity index (χ0) is 26.4. The number of aliphatic hydroxyl groups excluding tert-OH is 1. The van der Waals surface area contributed by atoms with E-state index in [1.165, 1.54) is 0 Å². The molecule has 12 N–H and O–H groups in total. The molecule has 0 radical (unpaired) electrons. The summed E-state index contributed by atoms with van der Waals surface area (Å²) in [6.45, 7) is 2.60. The number of aliphatic carboxylic acids is 2. The summed E-state index contributed by atoms with van der Waals surface area (Å²) >= 11 is 0. The Labute approximate surface area is 196 Å². The van der Waals surface area contributed by atoms with Gasteiger partial charge in [0.05, 0.1) is 6.61 Å². The molecule has 0 aromatic rings. The van der Waals surface area contributed by atoms with Crippen molar-refractivity contribution in [2.24, 2.45) is 28.1 Å². The fourth-order valence-corrected chi connectivity index (χ4v) is 2.71. The lowest BCUT2D eigenvalue weighted by molar-refractivity contribution is -0.143. The van der Waals surface area contributed by atoms with E-state index < -0.39 is 72.8 Å². The number of guanidine groups is 1. The van der Waals surface area contributed by atoms with E-state index in [2.05, 4.69) is 20.9 Å². The summed E-state index contributed by atoms with van der Waals surface area (Å²) in [4.78, 5) is 63.8. The molecule has 0 aromatic heterocycles. The maximum absolute atomic E-state index is 12.8. The van der Waals surface area contributed by atoms with Crippen molar-refractivity contribution in [3.05, 3.63) is 0 Å². The van der Waals surface area contributed by atoms with Crippen molar-refractivity contribution in [1.29, 1.82) is 0 Å². The van der Waals surface area contributed by atoms with E-state index in [1.807, 2.05) is 0 Å². The highest BCUT2D eigenvalue weighted by Crippen LogP contribution is 2.07. The molecule has 0 fully saturated rings. The summed E-state index contributed by atoms with van der Waals surface area (Å²) in [6.07, 6.45) is -0.564. The number of hydrogen-bond donors (Lipinski definition) is 9. The quantitative estimate of drug-likeness (QED) is 0.0580. The first-order chi connectivity index (χ1) is 15.8. The molecule has 15 nitrogen and oxygen atoms in total. The van der Waals surface area contributed by atoms with Gasteiger partial charge in [0.15, 0.2) is 5.96 Å². The summed E-state index contributed by atoms with van der Waals surface area (Å²) in [5.74, 6) is -5.71. The Hall–Kier alpha value is -3.46. The van der Waals surface area contributed by atoms with E-state index in [9.17, 15) is 29.1 Å². The molecule has 15 heteroatoms. The topological polar surface area (TPSA) is 273 Å². The normalized spacial score (nSPS) is 14.3. The number of nitrogens with one attached hydrogen (secondary N) is 3. The highest BCUT2D eigenvalue weighted by atomic mass is 16.4. The first kappa shape index (κ1) is 30.5. The minimum absolute atomic E-state index is 0.00847. The summed E-state index contributed by atoms with van der Waals surface area (Å²) < 4.78 is 0. The smallest absolute Gasteiger partial charge is 0.326 e. The predicted molar refractivity (Wildman–Crippen MR) is 120 cm³/mol. The van der Waals surface area contributed by atoms with Gasteiger partial charge in [-0.05, 0) is 25.2 Å². The minimum Gasteiger partial charge on any atom is -0.481 e. The van der Waals surface area contributed by atoms with E-state index in [-0.39, 0.29) is 31.8 Å². The second-order valence-electron chi connectivity index (χ2n) is 7.86. The first-order valence-corrected chi connectivity index (χ1v) is 10.6. The molecule has 4 unspecified atom stereocenters. The van der Waals surface area contributed by atoms with Gasteiger partial charge in [0.25, 0.3) is 0 Å². The molecule has 0 bridgehead atoms. The van der Waals surface area contributed by atoms with Gasteiger partial charge in [-0.1, -0.05) is 13.8 Å². The highest BCUT2D eigenvalue weighted by molar-refractivity contribution is 5.94. The summed E-state index contributed by atoms with van der Waals surface area (Å²) in [7, 11) is 0. The average Bonchev–Trinajstić information content (AvgIpc) is 2.74. The third-order valence-electron chi connectivity index (χ3n) is 4.62. The third-order valence-corrected chi connectivity index (χ3v) is 4.62. The van der Waals surface area contributed by atoms with Crippen LogP contribution in [-0.2, 0) is 24.0 Å². The molecule has 0 aromatic carbocycles. The van der Waals surface area contributed by atoms with Crippen molar-refractivity contribution in [1.82, 2.24) is 16.0 Å². The van der Waals surface area contributed by atoms with Gasteiger partial charge >= 0.3 is 11.9 Å². The monoisotopic (exact) mass is 489 g/mol. The number of aliphatic hydroxyl groups is 1. The Morgan fingerprint density at radius 3 is 1.88 bits per heavy atom. The molecule has 0 aliphatic rings. The second kappa shape index (κ2) is 15.4. The molecule has 0 aliphatic carbocycles. The van der Waals surface area contributed by atoms with Gasteiger partial charge in [-0.25, -0.2) is 4.79 Å². The zero-order valence-electron chi connectivity index (χ0n) is 19.2. The van der Waals surface area contributed by atoms with Crippen molar-refractivity contribution in [2.75, 3.05) is 13.2 Å². The summed E-state index contributed by atoms with van der Waals surface area (Å²) in [5, 5.41) is 34.3. The van der Waals surface area contributed by atoms with Gasteiger partial charge in [-0.2, -0.15) is 0 Å². The largest absolute Gasteiger partial charge is 0.481 e. The van der Waals surface area contributed by atoms with Gasteiger partial charge in [-0.15, -0.1) is 0 Å². The van der Waals surface area contributed by atoms with Crippen LogP contribution < -0.4 is 33.2 Å². The van der Waals surface area contributed by atoms with Gasteiger partial charge in [-0.3, -0.25) is 24.2 Å². The second-order valence-corrected chi connectivity index (χ2v) is 7.86. The molecule has 0 aliphatic heterocycles. The third kappa shape index (κ3) is 12.0. The molecule has 34 heavy (non-hydrogen) atoms. The van der Waals surface area contributed by atoms with Crippen LogP contribution in [0.15, 0.2) is 4.99 Å². The molecular formula is C19H35N7O8. The van der Waals surface area contributed by atoms with Crippen molar-refractivity contribution >= 4 is 35.6 Å². The first-order valence-electron chi connectivity index (χ1n) is 10.6. The highest BCUT2D eigenvalue weighted by Gasteiger charge is 2.31. The number of carboxylic acid groups (broad SMARTS) is 2. The minimum atomic E-state index is -1.38. The number of amides is 3. The molecule has 3 amide bonds. The number of carbonyl (C=O) groups is 5. The van der Waals surface area contributed by atoms with Gasteiger partial charge < -0.3 is 48.5 Å². The lowest BCUT2D eigenvalue weighted by Crippen LogP contribution is -2.58. The van der Waals surface area contributed by atoms with Crippen molar-refractivity contribution in [2.45, 2.75) is 63.7 Å². The van der Waals surface area contributed by atoms with Crippen LogP contribution in [0.3, 0.4) is 0 Å². The fourth-order valence-electron chi connectivity index (χ4n) is 2.71. The van der Waals surface area contributed by atoms with E-state index in [0.29, 0.717) is 0 Å². The number of nitrogens with zero attached hydrogens (tertiary/aromatic N) is 1. The number of rotatable bonds is 16. The number of hydrogen-bond acceptors (Lipinski definition) is 8.